The van der Waals surface area contributed by atoms with Crippen LogP contribution in [-0.2, 0) is 6.61 Å². The highest BCUT2D eigenvalue weighted by molar-refractivity contribution is 5.79. The van der Waals surface area contributed by atoms with Crippen LogP contribution in [-0.4, -0.2) is 17.2 Å². The second-order valence-corrected chi connectivity index (χ2v) is 5.32. The number of nitrogens with zero attached hydrogens (tertiary/aromatic N) is 2. The van der Waals surface area contributed by atoms with Crippen molar-refractivity contribution in [3.05, 3.63) is 69.8 Å². The topological polar surface area (TPSA) is 64.7 Å². The van der Waals surface area contributed by atoms with Crippen molar-refractivity contribution in [2.24, 2.45) is 4.99 Å². The molecule has 1 unspecified atom stereocenters. The maximum absolute atomic E-state index is 10.6. The number of hydrogen-bond acceptors (Lipinski definition) is 4. The van der Waals surface area contributed by atoms with Crippen molar-refractivity contribution in [2.45, 2.75) is 32.9 Å². The molecule has 1 atom stereocenters. The molecule has 5 nitrogen and oxygen atoms in total. The lowest BCUT2D eigenvalue weighted by atomic mass is 10.2. The monoisotopic (exact) mass is 312 g/mol. The van der Waals surface area contributed by atoms with E-state index in [0.29, 0.717) is 12.6 Å². The molecule has 5 heteroatoms. The van der Waals surface area contributed by atoms with Gasteiger partial charge in [-0.15, -0.1) is 0 Å². The summed E-state index contributed by atoms with van der Waals surface area (Å²) in [7, 11) is 0. The fraction of sp³-hybridized carbons (Fsp3) is 0.278. The summed E-state index contributed by atoms with van der Waals surface area (Å²) in [6.07, 6.45) is 2.89. The molecule has 0 N–H and O–H groups in total. The Bertz CT molecular complexity index is 664. The molecule has 0 aliphatic carbocycles. The van der Waals surface area contributed by atoms with E-state index in [1.54, 1.807) is 12.1 Å². The summed E-state index contributed by atoms with van der Waals surface area (Å²) in [5.74, 6) is 0.754. The average molecular weight is 312 g/mol. The lowest BCUT2D eigenvalue weighted by Crippen LogP contribution is -1.97. The third-order valence-corrected chi connectivity index (χ3v) is 3.50. The van der Waals surface area contributed by atoms with E-state index in [2.05, 4.69) is 18.8 Å². The van der Waals surface area contributed by atoms with E-state index in [1.165, 1.54) is 12.1 Å². The lowest BCUT2D eigenvalue weighted by Gasteiger charge is -2.06. The molecule has 0 saturated carbocycles. The molecule has 0 aliphatic heterocycles. The number of ether oxygens (including phenoxy) is 1. The molecule has 0 radical (unpaired) electrons. The first kappa shape index (κ1) is 16.7. The predicted octanol–water partition coefficient (Wildman–Crippen LogP) is 4.39. The molecular formula is C18H20N2O3. The van der Waals surface area contributed by atoms with Gasteiger partial charge in [-0.05, 0) is 60.9 Å². The van der Waals surface area contributed by atoms with Gasteiger partial charge < -0.3 is 4.74 Å². The molecular weight excluding hydrogens is 292 g/mol. The Morgan fingerprint density at radius 2 is 1.83 bits per heavy atom. The molecule has 2 aromatic carbocycles. The number of aliphatic imine (C=N–C) groups is 1. The molecule has 0 saturated heterocycles. The number of hydrogen-bond donors (Lipinski definition) is 0. The first-order chi connectivity index (χ1) is 11.1. The van der Waals surface area contributed by atoms with Gasteiger partial charge in [0, 0.05) is 24.4 Å². The number of nitro groups is 1. The van der Waals surface area contributed by atoms with E-state index >= 15 is 0 Å². The van der Waals surface area contributed by atoms with Crippen molar-refractivity contribution in [2.75, 3.05) is 0 Å². The van der Waals surface area contributed by atoms with Gasteiger partial charge in [0.2, 0.25) is 0 Å². The zero-order valence-corrected chi connectivity index (χ0v) is 13.3. The van der Waals surface area contributed by atoms with Crippen molar-refractivity contribution < 1.29 is 9.66 Å². The molecule has 0 heterocycles. The number of non-ortho nitro benzene ring substituents is 1. The molecule has 23 heavy (non-hydrogen) atoms. The molecule has 0 spiro atoms. The molecule has 0 bridgehead atoms. The summed E-state index contributed by atoms with van der Waals surface area (Å²) in [5.41, 5.74) is 2.00. The predicted molar refractivity (Wildman–Crippen MR) is 91.2 cm³/mol. The minimum absolute atomic E-state index is 0.0821. The summed E-state index contributed by atoms with van der Waals surface area (Å²) in [6.45, 7) is 4.56. The number of rotatable bonds is 7. The van der Waals surface area contributed by atoms with Crippen LogP contribution in [0.15, 0.2) is 53.5 Å². The van der Waals surface area contributed by atoms with Crippen molar-refractivity contribution in [3.8, 4) is 5.75 Å². The zero-order valence-electron chi connectivity index (χ0n) is 13.3. The number of nitro benzene ring substituents is 1. The van der Waals surface area contributed by atoms with Gasteiger partial charge in [0.15, 0.2) is 0 Å². The highest BCUT2D eigenvalue weighted by Gasteiger charge is 2.04. The van der Waals surface area contributed by atoms with Crippen LogP contribution in [0.1, 0.15) is 31.4 Å². The van der Waals surface area contributed by atoms with E-state index in [0.717, 1.165) is 23.3 Å². The van der Waals surface area contributed by atoms with Crippen molar-refractivity contribution in [1.29, 1.82) is 0 Å². The second-order valence-electron chi connectivity index (χ2n) is 5.32. The van der Waals surface area contributed by atoms with Crippen LogP contribution in [0.2, 0.25) is 0 Å². The van der Waals surface area contributed by atoms with Gasteiger partial charge in [-0.25, -0.2) is 0 Å². The summed E-state index contributed by atoms with van der Waals surface area (Å²) < 4.78 is 5.68. The Kier molecular flexibility index (Phi) is 5.86. The van der Waals surface area contributed by atoms with Crippen molar-refractivity contribution in [3.63, 3.8) is 0 Å². The van der Waals surface area contributed by atoms with Crippen molar-refractivity contribution >= 4 is 11.9 Å². The molecule has 120 valence electrons. The maximum Gasteiger partial charge on any atom is 0.269 e. The van der Waals surface area contributed by atoms with E-state index in [4.69, 9.17) is 4.74 Å². The largest absolute Gasteiger partial charge is 0.489 e. The fourth-order valence-corrected chi connectivity index (χ4v) is 1.85. The third-order valence-electron chi connectivity index (χ3n) is 3.50. The van der Waals surface area contributed by atoms with E-state index in [1.807, 2.05) is 30.5 Å². The normalized spacial score (nSPS) is 12.3. The standard InChI is InChI=1S/C18H20N2O3/c1-3-14(2)19-12-15-6-10-18(11-7-15)23-13-16-4-8-17(9-5-16)20(21)22/h4-12,14H,3,13H2,1-2H3/b19-12+. The van der Waals surface area contributed by atoms with Gasteiger partial charge in [-0.3, -0.25) is 15.1 Å². The molecule has 2 aromatic rings. The molecule has 0 amide bonds. The molecule has 0 aromatic heterocycles. The lowest BCUT2D eigenvalue weighted by molar-refractivity contribution is -0.384. The van der Waals surface area contributed by atoms with Crippen molar-refractivity contribution in [1.82, 2.24) is 0 Å². The first-order valence-corrected chi connectivity index (χ1v) is 7.58. The summed E-state index contributed by atoms with van der Waals surface area (Å²) >= 11 is 0. The maximum atomic E-state index is 10.6. The third kappa shape index (κ3) is 5.21. The first-order valence-electron chi connectivity index (χ1n) is 7.58. The van der Waals surface area contributed by atoms with Crippen LogP contribution >= 0.6 is 0 Å². The minimum atomic E-state index is -0.412. The molecule has 2 rings (SSSR count). The molecule has 0 fully saturated rings. The SMILES string of the molecule is CCC(C)/N=C/c1ccc(OCc2ccc([N+](=O)[O-])cc2)cc1. The Morgan fingerprint density at radius 1 is 1.17 bits per heavy atom. The zero-order chi connectivity index (χ0) is 16.7. The van der Waals surface area contributed by atoms with Gasteiger partial charge in [-0.1, -0.05) is 6.92 Å². The summed E-state index contributed by atoms with van der Waals surface area (Å²) in [6, 6.07) is 14.4. The Hall–Kier alpha value is -2.69. The summed E-state index contributed by atoms with van der Waals surface area (Å²) in [5, 5.41) is 10.6. The fourth-order valence-electron chi connectivity index (χ4n) is 1.85. The number of benzene rings is 2. The second kappa shape index (κ2) is 8.08. The van der Waals surface area contributed by atoms with Crippen LogP contribution in [0.25, 0.3) is 0 Å². The highest BCUT2D eigenvalue weighted by atomic mass is 16.6. The average Bonchev–Trinajstić information content (AvgIpc) is 2.59. The van der Waals surface area contributed by atoms with Crippen LogP contribution < -0.4 is 4.74 Å². The molecule has 0 aliphatic rings. The quantitative estimate of drug-likeness (QED) is 0.432. The van der Waals surface area contributed by atoms with Gasteiger partial charge in [0.05, 0.1) is 4.92 Å². The smallest absolute Gasteiger partial charge is 0.269 e. The highest BCUT2D eigenvalue weighted by Crippen LogP contribution is 2.16. The summed E-state index contributed by atoms with van der Waals surface area (Å²) in [4.78, 5) is 14.6. The Labute approximate surface area is 135 Å². The van der Waals surface area contributed by atoms with Crippen LogP contribution in [0, 0.1) is 10.1 Å². The minimum Gasteiger partial charge on any atom is -0.489 e. The van der Waals surface area contributed by atoms with Gasteiger partial charge >= 0.3 is 0 Å². The Balaban J connectivity index is 1.91. The van der Waals surface area contributed by atoms with Crippen LogP contribution in [0.5, 0.6) is 5.75 Å². The van der Waals surface area contributed by atoms with Gasteiger partial charge in [0.1, 0.15) is 12.4 Å². The van der Waals surface area contributed by atoms with Gasteiger partial charge in [0.25, 0.3) is 5.69 Å². The van der Waals surface area contributed by atoms with Crippen LogP contribution in [0.4, 0.5) is 5.69 Å². The van der Waals surface area contributed by atoms with E-state index < -0.39 is 4.92 Å². The Morgan fingerprint density at radius 3 is 2.39 bits per heavy atom. The van der Waals surface area contributed by atoms with Gasteiger partial charge in [-0.2, -0.15) is 0 Å². The van der Waals surface area contributed by atoms with Crippen LogP contribution in [0.3, 0.4) is 0 Å². The van der Waals surface area contributed by atoms with E-state index in [-0.39, 0.29) is 5.69 Å². The van der Waals surface area contributed by atoms with E-state index in [9.17, 15) is 10.1 Å².